The molecule has 4 heterocycles. The first-order valence-corrected chi connectivity index (χ1v) is 11.6. The number of carbonyl (C=O) groups excluding carboxylic acids is 1. The maximum absolute atomic E-state index is 11.8. The third kappa shape index (κ3) is 3.30. The molecule has 2 saturated heterocycles. The highest BCUT2D eigenvalue weighted by Crippen LogP contribution is 2.41. The monoisotopic (exact) mass is 431 g/mol. The van der Waals surface area contributed by atoms with Crippen molar-refractivity contribution < 1.29 is 9.53 Å². The molecule has 2 aromatic heterocycles. The number of rotatable bonds is 4. The van der Waals surface area contributed by atoms with Gasteiger partial charge in [-0.15, -0.1) is 0 Å². The minimum Gasteiger partial charge on any atom is -0.381 e. The number of primary amides is 1. The Hall–Kier alpha value is -3.11. The number of amides is 1. The van der Waals surface area contributed by atoms with Gasteiger partial charge in [-0.2, -0.15) is 5.26 Å². The number of nitrogens with two attached hydrogens (primary N) is 1. The van der Waals surface area contributed by atoms with Crippen molar-refractivity contribution in [2.75, 3.05) is 31.2 Å². The highest BCUT2D eigenvalue weighted by atomic mass is 16.5. The molecule has 3 aromatic rings. The minimum absolute atomic E-state index is 0.0697. The number of imidazole rings is 1. The fourth-order valence-corrected chi connectivity index (χ4v) is 5.54. The predicted molar refractivity (Wildman–Crippen MR) is 124 cm³/mol. The van der Waals surface area contributed by atoms with Crippen LogP contribution < -0.4 is 10.6 Å². The van der Waals surface area contributed by atoms with E-state index in [0.717, 1.165) is 86.5 Å². The van der Waals surface area contributed by atoms with Crippen molar-refractivity contribution in [2.24, 2.45) is 11.7 Å². The number of aromatic nitrogens is 2. The Bertz CT molecular complexity index is 1210. The van der Waals surface area contributed by atoms with Crippen molar-refractivity contribution in [1.82, 2.24) is 9.38 Å². The van der Waals surface area contributed by atoms with E-state index in [1.165, 1.54) is 5.56 Å². The fourth-order valence-electron chi connectivity index (χ4n) is 5.54. The fraction of sp³-hybridized carbons (Fsp3) is 0.480. The summed E-state index contributed by atoms with van der Waals surface area (Å²) in [4.78, 5) is 19.1. The van der Waals surface area contributed by atoms with E-state index in [9.17, 15) is 10.1 Å². The first-order valence-electron chi connectivity index (χ1n) is 11.6. The van der Waals surface area contributed by atoms with Gasteiger partial charge in [-0.05, 0) is 61.3 Å². The largest absolute Gasteiger partial charge is 0.381 e. The molecule has 0 bridgehead atoms. The van der Waals surface area contributed by atoms with Crippen molar-refractivity contribution in [3.8, 4) is 6.07 Å². The van der Waals surface area contributed by atoms with Crippen LogP contribution in [0.1, 0.15) is 55.2 Å². The lowest BCUT2D eigenvalue weighted by Gasteiger charge is -2.36. The van der Waals surface area contributed by atoms with Crippen molar-refractivity contribution in [3.63, 3.8) is 0 Å². The second kappa shape index (κ2) is 8.44. The van der Waals surface area contributed by atoms with Crippen LogP contribution in [0.15, 0.2) is 24.3 Å². The summed E-state index contributed by atoms with van der Waals surface area (Å²) in [5.74, 6) is 1.14. The van der Waals surface area contributed by atoms with Gasteiger partial charge in [0.1, 0.15) is 11.9 Å². The van der Waals surface area contributed by atoms with Gasteiger partial charge < -0.3 is 15.4 Å². The number of pyridine rings is 1. The summed E-state index contributed by atoms with van der Waals surface area (Å²) in [6.45, 7) is 5.14. The van der Waals surface area contributed by atoms with E-state index in [1.807, 2.05) is 18.2 Å². The maximum atomic E-state index is 11.8. The minimum atomic E-state index is -0.207. The number of piperidine rings is 1. The molecular weight excluding hydrogens is 402 g/mol. The molecular formula is C25H29N5O2. The Balaban J connectivity index is 1.78. The molecule has 2 aliphatic rings. The Labute approximate surface area is 187 Å². The van der Waals surface area contributed by atoms with Crippen LogP contribution in [0.5, 0.6) is 0 Å². The zero-order valence-corrected chi connectivity index (χ0v) is 18.5. The summed E-state index contributed by atoms with van der Waals surface area (Å²) >= 11 is 0. The number of fused-ring (bicyclic) bond motifs is 3. The van der Waals surface area contributed by atoms with Gasteiger partial charge in [-0.1, -0.05) is 19.1 Å². The van der Waals surface area contributed by atoms with Gasteiger partial charge >= 0.3 is 0 Å². The predicted octanol–water partition coefficient (Wildman–Crippen LogP) is 3.52. The topological polar surface area (TPSA) is 96.7 Å². The third-order valence-electron chi connectivity index (χ3n) is 7.15. The molecule has 166 valence electrons. The quantitative estimate of drug-likeness (QED) is 0.682. The molecule has 0 saturated carbocycles. The molecule has 0 aliphatic carbocycles. The smallest absolute Gasteiger partial charge is 0.220 e. The first kappa shape index (κ1) is 20.8. The molecule has 2 fully saturated rings. The summed E-state index contributed by atoms with van der Waals surface area (Å²) in [5, 5.41) is 10.3. The molecule has 2 N–H and O–H groups in total. The van der Waals surface area contributed by atoms with E-state index < -0.39 is 0 Å². The summed E-state index contributed by atoms with van der Waals surface area (Å²) in [5.41, 5.74) is 11.3. The van der Waals surface area contributed by atoms with Gasteiger partial charge in [-0.25, -0.2) is 4.98 Å². The number of carbonyl (C=O) groups is 1. The van der Waals surface area contributed by atoms with E-state index >= 15 is 0 Å². The first-order chi connectivity index (χ1) is 15.6. The SMILES string of the molecule is CCc1c(C2CCOCC2)c(C#N)c2nc3ccccc3n2c1N1CCC(C(N)=O)CC1. The van der Waals surface area contributed by atoms with Crippen molar-refractivity contribution in [1.29, 1.82) is 5.26 Å². The van der Waals surface area contributed by atoms with E-state index in [-0.39, 0.29) is 11.8 Å². The molecule has 0 atom stereocenters. The summed E-state index contributed by atoms with van der Waals surface area (Å²) in [7, 11) is 0. The number of nitrogens with zero attached hydrogens (tertiary/aromatic N) is 4. The van der Waals surface area contributed by atoms with Crippen LogP contribution in [0.3, 0.4) is 0 Å². The molecule has 7 nitrogen and oxygen atoms in total. The van der Waals surface area contributed by atoms with Crippen LogP contribution in [0.25, 0.3) is 16.7 Å². The lowest BCUT2D eigenvalue weighted by Crippen LogP contribution is -2.40. The van der Waals surface area contributed by atoms with Gasteiger partial charge in [0.15, 0.2) is 5.65 Å². The summed E-state index contributed by atoms with van der Waals surface area (Å²) in [6, 6.07) is 10.6. The van der Waals surface area contributed by atoms with E-state index in [1.54, 1.807) is 0 Å². The standard InChI is InChI=1S/C25H29N5O2/c1-2-18-22(16-9-13-32-14-10-16)19(15-26)24-28-20-5-3-4-6-21(20)30(24)25(18)29-11-7-17(8-12-29)23(27)31/h3-6,16-17H,2,7-14H2,1H3,(H2,27,31). The Kier molecular flexibility index (Phi) is 5.48. The van der Waals surface area contributed by atoms with Crippen molar-refractivity contribution in [2.45, 2.75) is 44.9 Å². The number of hydrogen-bond acceptors (Lipinski definition) is 5. The van der Waals surface area contributed by atoms with Gasteiger partial charge in [0.25, 0.3) is 0 Å². The molecule has 1 amide bonds. The lowest BCUT2D eigenvalue weighted by atomic mass is 9.84. The highest BCUT2D eigenvalue weighted by Gasteiger charge is 2.32. The molecule has 1 aromatic carbocycles. The molecule has 32 heavy (non-hydrogen) atoms. The number of anilines is 1. The second-order valence-corrected chi connectivity index (χ2v) is 8.87. The summed E-state index contributed by atoms with van der Waals surface area (Å²) < 4.78 is 7.81. The van der Waals surface area contributed by atoms with Gasteiger partial charge in [-0.3, -0.25) is 9.20 Å². The van der Waals surface area contributed by atoms with Gasteiger partial charge in [0.05, 0.1) is 16.6 Å². The zero-order valence-electron chi connectivity index (χ0n) is 18.5. The Morgan fingerprint density at radius 1 is 1.22 bits per heavy atom. The van der Waals surface area contributed by atoms with Crippen LogP contribution in [0.2, 0.25) is 0 Å². The number of ether oxygens (including phenoxy) is 1. The maximum Gasteiger partial charge on any atom is 0.220 e. The van der Waals surface area contributed by atoms with Crippen LogP contribution in [-0.4, -0.2) is 41.6 Å². The van der Waals surface area contributed by atoms with Crippen molar-refractivity contribution >= 4 is 28.4 Å². The molecule has 7 heteroatoms. The average molecular weight is 432 g/mol. The molecule has 0 unspecified atom stereocenters. The molecule has 5 rings (SSSR count). The second-order valence-electron chi connectivity index (χ2n) is 8.87. The van der Waals surface area contributed by atoms with Crippen LogP contribution in [0, 0.1) is 17.2 Å². The number of nitriles is 1. The van der Waals surface area contributed by atoms with Crippen molar-refractivity contribution in [3.05, 3.63) is 41.0 Å². The van der Waals surface area contributed by atoms with E-state index in [4.69, 9.17) is 15.5 Å². The van der Waals surface area contributed by atoms with Gasteiger partial charge in [0, 0.05) is 32.2 Å². The Morgan fingerprint density at radius 2 is 1.94 bits per heavy atom. The average Bonchev–Trinajstić information content (AvgIpc) is 3.22. The third-order valence-corrected chi connectivity index (χ3v) is 7.15. The zero-order chi connectivity index (χ0) is 22.2. The normalized spacial score (nSPS) is 18.3. The van der Waals surface area contributed by atoms with Crippen LogP contribution >= 0.6 is 0 Å². The van der Waals surface area contributed by atoms with Crippen LogP contribution in [0.4, 0.5) is 5.82 Å². The Morgan fingerprint density at radius 3 is 2.59 bits per heavy atom. The van der Waals surface area contributed by atoms with Gasteiger partial charge in [0.2, 0.25) is 5.91 Å². The lowest BCUT2D eigenvalue weighted by molar-refractivity contribution is -0.122. The van der Waals surface area contributed by atoms with E-state index in [2.05, 4.69) is 28.4 Å². The number of benzene rings is 1. The van der Waals surface area contributed by atoms with E-state index in [0.29, 0.717) is 11.5 Å². The summed E-state index contributed by atoms with van der Waals surface area (Å²) in [6.07, 6.45) is 4.16. The number of para-hydroxylation sites is 2. The van der Waals surface area contributed by atoms with Crippen LogP contribution in [-0.2, 0) is 16.0 Å². The molecule has 2 aliphatic heterocycles. The molecule has 0 radical (unpaired) electrons. The highest BCUT2D eigenvalue weighted by molar-refractivity contribution is 5.87. The number of hydrogen-bond donors (Lipinski definition) is 1. The molecule has 0 spiro atoms.